The van der Waals surface area contributed by atoms with Gasteiger partial charge in [-0.3, -0.25) is 4.79 Å². The molecule has 0 N–H and O–H groups in total. The average Bonchev–Trinajstić information content (AvgIpc) is 3.20. The summed E-state index contributed by atoms with van der Waals surface area (Å²) in [6, 6.07) is 1.72. The van der Waals surface area contributed by atoms with Crippen LogP contribution in [0.3, 0.4) is 0 Å². The third-order valence-corrected chi connectivity index (χ3v) is 5.65. The number of carbonyl (C=O) groups excluding carboxylic acids is 1. The predicted molar refractivity (Wildman–Crippen MR) is 89.0 cm³/mol. The van der Waals surface area contributed by atoms with Crippen molar-refractivity contribution in [1.29, 1.82) is 0 Å². The topological polar surface area (TPSA) is 73.8 Å². The van der Waals surface area contributed by atoms with Crippen molar-refractivity contribution < 1.29 is 19.0 Å². The lowest BCUT2D eigenvalue weighted by Gasteiger charge is -2.28. The molecule has 7 heteroatoms. The molecule has 3 aliphatic heterocycles. The number of fused-ring (bicyclic) bond motifs is 1. The average molecular weight is 347 g/mol. The van der Waals surface area contributed by atoms with Crippen molar-refractivity contribution in [2.45, 2.75) is 12.8 Å². The van der Waals surface area contributed by atoms with Gasteiger partial charge >= 0.3 is 0 Å². The van der Waals surface area contributed by atoms with E-state index in [1.54, 1.807) is 18.5 Å². The van der Waals surface area contributed by atoms with Crippen LogP contribution in [-0.2, 0) is 14.2 Å². The van der Waals surface area contributed by atoms with E-state index in [-0.39, 0.29) is 17.1 Å². The maximum Gasteiger partial charge on any atom is 0.291 e. The first-order valence-electron chi connectivity index (χ1n) is 9.06. The van der Waals surface area contributed by atoms with Crippen molar-refractivity contribution in [2.75, 3.05) is 52.7 Å². The minimum absolute atomic E-state index is 0.0877. The van der Waals surface area contributed by atoms with Crippen molar-refractivity contribution in [1.82, 2.24) is 14.9 Å². The highest BCUT2D eigenvalue weighted by molar-refractivity contribution is 5.90. The van der Waals surface area contributed by atoms with Gasteiger partial charge in [-0.2, -0.15) is 0 Å². The number of carbonyl (C=O) groups is 1. The molecule has 25 heavy (non-hydrogen) atoms. The maximum absolute atomic E-state index is 12.6. The van der Waals surface area contributed by atoms with Gasteiger partial charge in [0.15, 0.2) is 0 Å². The van der Waals surface area contributed by atoms with Crippen LogP contribution >= 0.6 is 0 Å². The van der Waals surface area contributed by atoms with Crippen molar-refractivity contribution in [3.05, 3.63) is 24.3 Å². The number of likely N-dealkylation sites (tertiary alicyclic amines) is 1. The molecule has 4 heterocycles. The molecule has 4 rings (SSSR count). The fourth-order valence-corrected chi connectivity index (χ4v) is 4.08. The lowest BCUT2D eigenvalue weighted by atomic mass is 9.82. The van der Waals surface area contributed by atoms with Crippen molar-refractivity contribution >= 4 is 5.91 Å². The van der Waals surface area contributed by atoms with E-state index in [2.05, 4.69) is 9.97 Å². The Morgan fingerprint density at radius 3 is 2.88 bits per heavy atom. The van der Waals surface area contributed by atoms with Gasteiger partial charge in [0.2, 0.25) is 5.82 Å². The summed E-state index contributed by atoms with van der Waals surface area (Å²) in [5.41, 5.74) is -0.0877. The number of hydrogen-bond acceptors (Lipinski definition) is 6. The minimum atomic E-state index is -0.0983. The highest BCUT2D eigenvalue weighted by atomic mass is 16.5. The number of rotatable bonds is 5. The Balaban J connectivity index is 1.36. The molecule has 0 unspecified atom stereocenters. The molecule has 3 saturated heterocycles. The van der Waals surface area contributed by atoms with Crippen molar-refractivity contribution in [3.8, 4) is 0 Å². The summed E-state index contributed by atoms with van der Waals surface area (Å²) < 4.78 is 17.2. The van der Waals surface area contributed by atoms with Gasteiger partial charge in [0.25, 0.3) is 5.91 Å². The van der Waals surface area contributed by atoms with Gasteiger partial charge < -0.3 is 19.1 Å². The van der Waals surface area contributed by atoms with Crippen LogP contribution in [0.5, 0.6) is 0 Å². The number of hydrogen-bond donors (Lipinski definition) is 0. The van der Waals surface area contributed by atoms with Crippen LogP contribution in [0.4, 0.5) is 0 Å². The summed E-state index contributed by atoms with van der Waals surface area (Å²) in [4.78, 5) is 22.7. The van der Waals surface area contributed by atoms with Gasteiger partial charge in [-0.05, 0) is 24.8 Å². The second-order valence-electron chi connectivity index (χ2n) is 7.40. The second kappa shape index (κ2) is 7.35. The highest BCUT2D eigenvalue weighted by Gasteiger charge is 2.52. The molecule has 0 saturated carbocycles. The smallest absolute Gasteiger partial charge is 0.291 e. The summed E-state index contributed by atoms with van der Waals surface area (Å²) in [6.45, 7) is 5.79. The summed E-state index contributed by atoms with van der Waals surface area (Å²) >= 11 is 0. The van der Waals surface area contributed by atoms with E-state index in [0.717, 1.165) is 32.7 Å². The normalized spacial score (nSPS) is 29.8. The van der Waals surface area contributed by atoms with Gasteiger partial charge in [0, 0.05) is 56.6 Å². The second-order valence-corrected chi connectivity index (χ2v) is 7.40. The van der Waals surface area contributed by atoms with E-state index in [9.17, 15) is 4.79 Å². The van der Waals surface area contributed by atoms with Crippen molar-refractivity contribution in [3.63, 3.8) is 0 Å². The summed E-state index contributed by atoms with van der Waals surface area (Å²) in [5.74, 6) is 1.08. The van der Waals surface area contributed by atoms with Gasteiger partial charge in [-0.1, -0.05) is 0 Å². The first-order chi connectivity index (χ1) is 12.3. The van der Waals surface area contributed by atoms with E-state index < -0.39 is 0 Å². The Labute approximate surface area is 147 Å². The van der Waals surface area contributed by atoms with Crippen molar-refractivity contribution in [2.24, 2.45) is 17.3 Å². The lowest BCUT2D eigenvalue weighted by molar-refractivity contribution is -0.0151. The largest absolute Gasteiger partial charge is 0.381 e. The molecule has 0 radical (unpaired) electrons. The van der Waals surface area contributed by atoms with E-state index in [1.165, 1.54) is 0 Å². The zero-order valence-corrected chi connectivity index (χ0v) is 14.4. The molecule has 1 amide bonds. The number of aromatic nitrogens is 2. The summed E-state index contributed by atoms with van der Waals surface area (Å²) in [7, 11) is 0. The molecule has 3 aliphatic rings. The maximum atomic E-state index is 12.6. The van der Waals surface area contributed by atoms with E-state index in [1.807, 2.05) is 4.90 Å². The first-order valence-corrected chi connectivity index (χ1v) is 9.06. The van der Waals surface area contributed by atoms with Crippen LogP contribution < -0.4 is 0 Å². The van der Waals surface area contributed by atoms with E-state index in [0.29, 0.717) is 44.7 Å². The zero-order chi connectivity index (χ0) is 17.1. The van der Waals surface area contributed by atoms with Crippen LogP contribution in [0.25, 0.3) is 0 Å². The minimum Gasteiger partial charge on any atom is -0.381 e. The number of nitrogens with zero attached hydrogens (tertiary/aromatic N) is 3. The Kier molecular flexibility index (Phi) is 4.96. The molecule has 2 atom stereocenters. The fraction of sp³-hybridized carbons (Fsp3) is 0.722. The molecule has 0 bridgehead atoms. The molecular weight excluding hydrogens is 322 g/mol. The Bertz CT molecular complexity index is 593. The quantitative estimate of drug-likeness (QED) is 0.791. The van der Waals surface area contributed by atoms with Crippen LogP contribution in [-0.4, -0.2) is 73.5 Å². The zero-order valence-electron chi connectivity index (χ0n) is 14.4. The molecule has 0 aromatic carbocycles. The van der Waals surface area contributed by atoms with Crippen LogP contribution in [0.2, 0.25) is 0 Å². The Morgan fingerprint density at radius 2 is 2.08 bits per heavy atom. The standard InChI is InChI=1S/C18H25N3O4/c22-17(16-19-4-1-5-20-16)21-8-15-10-25-13-18(15,11-21)12-24-9-14-2-6-23-7-3-14/h1,4-5,14-15H,2-3,6-13H2/t15-,18-/m1/s1. The van der Waals surface area contributed by atoms with Gasteiger partial charge in [0.05, 0.1) is 19.8 Å². The highest BCUT2D eigenvalue weighted by Crippen LogP contribution is 2.42. The molecule has 0 aliphatic carbocycles. The fourth-order valence-electron chi connectivity index (χ4n) is 4.08. The van der Waals surface area contributed by atoms with Gasteiger partial charge in [-0.25, -0.2) is 9.97 Å². The SMILES string of the molecule is O=C(c1ncccn1)N1C[C@@H]2COC[C@]2(COCC2CCOCC2)C1. The van der Waals surface area contributed by atoms with Crippen LogP contribution in [0.15, 0.2) is 18.5 Å². The summed E-state index contributed by atoms with van der Waals surface area (Å²) in [6.07, 6.45) is 5.35. The molecule has 1 aromatic heterocycles. The van der Waals surface area contributed by atoms with E-state index in [4.69, 9.17) is 14.2 Å². The monoisotopic (exact) mass is 347 g/mol. The van der Waals surface area contributed by atoms with E-state index >= 15 is 0 Å². The third-order valence-electron chi connectivity index (χ3n) is 5.65. The molecular formula is C18H25N3O4. The molecule has 3 fully saturated rings. The Morgan fingerprint density at radius 1 is 1.28 bits per heavy atom. The van der Waals surface area contributed by atoms with Gasteiger partial charge in [-0.15, -0.1) is 0 Å². The molecule has 0 spiro atoms. The Hall–Kier alpha value is -1.57. The van der Waals surface area contributed by atoms with Crippen LogP contribution in [0.1, 0.15) is 23.5 Å². The predicted octanol–water partition coefficient (Wildman–Crippen LogP) is 1.01. The van der Waals surface area contributed by atoms with Gasteiger partial charge in [0.1, 0.15) is 0 Å². The molecule has 7 nitrogen and oxygen atoms in total. The lowest BCUT2D eigenvalue weighted by Crippen LogP contribution is -2.38. The third kappa shape index (κ3) is 3.54. The number of amides is 1. The molecule has 136 valence electrons. The number of ether oxygens (including phenoxy) is 3. The first kappa shape index (κ1) is 16.9. The molecule has 1 aromatic rings. The van der Waals surface area contributed by atoms with Crippen LogP contribution in [0, 0.1) is 17.3 Å². The summed E-state index contributed by atoms with van der Waals surface area (Å²) in [5, 5.41) is 0.